The van der Waals surface area contributed by atoms with Crippen LogP contribution in [0.2, 0.25) is 0 Å². The molecular weight excluding hydrogens is 637 g/mol. The summed E-state index contributed by atoms with van der Waals surface area (Å²) in [6, 6.07) is 56.5. The standard InChI is InChI=1S/C47H32N4O/c1-29-37-27-31(24-26-45(37)52-46(29)47(48-2)51-42-21-11-5-15-34(42)35-16-6-12-22-43(35)51)50-41-20-10-7-17-36(41)38-28-30(23-25-44(38)50)49-39-18-8-3-13-32(39)33-14-4-9-19-40(33)49/h3-28H,1-2H3. The molecule has 0 saturated carbocycles. The predicted molar refractivity (Wildman–Crippen MR) is 217 cm³/mol. The minimum absolute atomic E-state index is 0.777. The molecule has 4 aromatic heterocycles. The van der Waals surface area contributed by atoms with Crippen LogP contribution in [0.4, 0.5) is 0 Å². The van der Waals surface area contributed by atoms with Gasteiger partial charge in [-0.2, -0.15) is 0 Å². The number of fused-ring (bicyclic) bond motifs is 10. The summed E-state index contributed by atoms with van der Waals surface area (Å²) in [6.07, 6.45) is 0. The highest BCUT2D eigenvalue weighted by Gasteiger charge is 2.23. The van der Waals surface area contributed by atoms with Crippen molar-refractivity contribution in [2.75, 3.05) is 7.05 Å². The van der Waals surface area contributed by atoms with Crippen LogP contribution in [-0.2, 0) is 0 Å². The topological polar surface area (TPSA) is 40.3 Å². The largest absolute Gasteiger partial charge is 0.453 e. The lowest BCUT2D eigenvalue weighted by Crippen LogP contribution is -2.13. The summed E-state index contributed by atoms with van der Waals surface area (Å²) in [5.41, 5.74) is 11.1. The van der Waals surface area contributed by atoms with Crippen molar-refractivity contribution >= 4 is 82.2 Å². The van der Waals surface area contributed by atoms with Crippen molar-refractivity contribution in [2.45, 2.75) is 6.92 Å². The molecule has 0 N–H and O–H groups in total. The smallest absolute Gasteiger partial charge is 0.176 e. The zero-order valence-electron chi connectivity index (χ0n) is 28.7. The van der Waals surface area contributed by atoms with Crippen LogP contribution >= 0.6 is 0 Å². The number of benzene rings is 7. The van der Waals surface area contributed by atoms with E-state index in [-0.39, 0.29) is 0 Å². The molecular formula is C47H32N4O. The monoisotopic (exact) mass is 668 g/mol. The van der Waals surface area contributed by atoms with E-state index in [1.54, 1.807) is 0 Å². The van der Waals surface area contributed by atoms with Crippen LogP contribution in [0.15, 0.2) is 167 Å². The first kappa shape index (κ1) is 28.9. The van der Waals surface area contributed by atoms with E-state index in [0.717, 1.165) is 56.1 Å². The van der Waals surface area contributed by atoms with Crippen LogP contribution in [-0.4, -0.2) is 26.6 Å². The lowest BCUT2D eigenvalue weighted by atomic mass is 10.1. The van der Waals surface area contributed by atoms with Crippen molar-refractivity contribution in [1.29, 1.82) is 0 Å². The molecule has 0 radical (unpaired) electrons. The lowest BCUT2D eigenvalue weighted by Gasteiger charge is -2.10. The minimum Gasteiger partial charge on any atom is -0.453 e. The van der Waals surface area contributed by atoms with Gasteiger partial charge in [0.2, 0.25) is 0 Å². The average Bonchev–Trinajstić information content (AvgIpc) is 3.92. The number of aryl methyl sites for hydroxylation is 1. The zero-order chi connectivity index (χ0) is 34.5. The molecule has 11 aromatic rings. The number of hydrogen-bond donors (Lipinski definition) is 0. The van der Waals surface area contributed by atoms with Crippen LogP contribution < -0.4 is 0 Å². The third-order valence-electron chi connectivity index (χ3n) is 10.9. The van der Waals surface area contributed by atoms with Crippen molar-refractivity contribution < 1.29 is 4.42 Å². The summed E-state index contributed by atoms with van der Waals surface area (Å²) in [5, 5.41) is 8.42. The van der Waals surface area contributed by atoms with Crippen molar-refractivity contribution in [3.05, 3.63) is 169 Å². The first-order valence-corrected chi connectivity index (χ1v) is 17.7. The molecule has 0 aliphatic carbocycles. The second-order valence-electron chi connectivity index (χ2n) is 13.6. The van der Waals surface area contributed by atoms with Crippen molar-refractivity contribution in [3.63, 3.8) is 0 Å². The fraction of sp³-hybridized carbons (Fsp3) is 0.0426. The van der Waals surface area contributed by atoms with Crippen molar-refractivity contribution in [1.82, 2.24) is 13.7 Å². The van der Waals surface area contributed by atoms with Crippen LogP contribution in [0.5, 0.6) is 0 Å². The first-order chi connectivity index (χ1) is 25.7. The number of aromatic nitrogens is 3. The molecule has 0 spiro atoms. The first-order valence-electron chi connectivity index (χ1n) is 17.7. The van der Waals surface area contributed by atoms with E-state index in [1.807, 2.05) is 7.05 Å². The highest BCUT2D eigenvalue weighted by molar-refractivity contribution is 6.18. The molecule has 52 heavy (non-hydrogen) atoms. The van der Waals surface area contributed by atoms with Crippen molar-refractivity contribution in [3.8, 4) is 11.4 Å². The molecule has 5 nitrogen and oxygen atoms in total. The van der Waals surface area contributed by atoms with Gasteiger partial charge in [-0.15, -0.1) is 0 Å². The maximum absolute atomic E-state index is 6.68. The van der Waals surface area contributed by atoms with E-state index < -0.39 is 0 Å². The second kappa shape index (κ2) is 10.8. The predicted octanol–water partition coefficient (Wildman–Crippen LogP) is 12.0. The highest BCUT2D eigenvalue weighted by atomic mass is 16.3. The molecule has 5 heteroatoms. The van der Waals surface area contributed by atoms with Crippen LogP contribution in [0.25, 0.3) is 87.8 Å². The molecule has 0 bridgehead atoms. The average molecular weight is 669 g/mol. The quantitative estimate of drug-likeness (QED) is 0.136. The Morgan fingerprint density at radius 3 is 1.37 bits per heavy atom. The summed E-state index contributed by atoms with van der Waals surface area (Å²) >= 11 is 0. The summed E-state index contributed by atoms with van der Waals surface area (Å²) in [6.45, 7) is 2.15. The third kappa shape index (κ3) is 3.90. The molecule has 0 unspecified atom stereocenters. The van der Waals surface area contributed by atoms with E-state index in [1.165, 1.54) is 48.9 Å². The molecule has 0 aliphatic heterocycles. The maximum atomic E-state index is 6.68. The Labute approximate surface area is 298 Å². The fourth-order valence-electron chi connectivity index (χ4n) is 8.59. The number of aliphatic imine (C=N–C) groups is 1. The van der Waals surface area contributed by atoms with E-state index >= 15 is 0 Å². The van der Waals surface area contributed by atoms with Gasteiger partial charge in [0.25, 0.3) is 0 Å². The summed E-state index contributed by atoms with van der Waals surface area (Å²) in [5.74, 6) is 1.57. The fourth-order valence-corrected chi connectivity index (χ4v) is 8.59. The number of hydrogen-bond acceptors (Lipinski definition) is 2. The summed E-state index contributed by atoms with van der Waals surface area (Å²) in [7, 11) is 1.85. The van der Waals surface area contributed by atoms with E-state index in [2.05, 4.69) is 178 Å². The Balaban J connectivity index is 1.10. The van der Waals surface area contributed by atoms with Gasteiger partial charge in [-0.1, -0.05) is 91.0 Å². The van der Waals surface area contributed by atoms with Gasteiger partial charge in [0.15, 0.2) is 11.6 Å². The molecule has 0 aliphatic rings. The third-order valence-corrected chi connectivity index (χ3v) is 10.9. The van der Waals surface area contributed by atoms with Gasteiger partial charge < -0.3 is 13.6 Å². The second-order valence-corrected chi connectivity index (χ2v) is 13.6. The van der Waals surface area contributed by atoms with Crippen LogP contribution in [0.3, 0.4) is 0 Å². The Morgan fingerprint density at radius 1 is 0.442 bits per heavy atom. The van der Waals surface area contributed by atoms with E-state index in [4.69, 9.17) is 9.41 Å². The summed E-state index contributed by atoms with van der Waals surface area (Å²) in [4.78, 5) is 4.86. The lowest BCUT2D eigenvalue weighted by molar-refractivity contribution is 0.598. The Kier molecular flexibility index (Phi) is 6.02. The molecule has 7 aromatic carbocycles. The molecule has 0 saturated heterocycles. The van der Waals surface area contributed by atoms with Crippen LogP contribution in [0, 0.1) is 6.92 Å². The number of para-hydroxylation sites is 5. The Bertz CT molecular complexity index is 3170. The molecule has 0 amide bonds. The molecule has 246 valence electrons. The number of nitrogens with zero attached hydrogens (tertiary/aromatic N) is 4. The van der Waals surface area contributed by atoms with Gasteiger partial charge in [0.1, 0.15) is 5.58 Å². The highest BCUT2D eigenvalue weighted by Crippen LogP contribution is 2.39. The molecule has 4 heterocycles. The number of rotatable bonds is 3. The van der Waals surface area contributed by atoms with Gasteiger partial charge in [0, 0.05) is 61.7 Å². The van der Waals surface area contributed by atoms with Crippen molar-refractivity contribution in [2.24, 2.45) is 4.99 Å². The normalized spacial score (nSPS) is 12.5. The van der Waals surface area contributed by atoms with Gasteiger partial charge in [-0.3, -0.25) is 9.56 Å². The van der Waals surface area contributed by atoms with Gasteiger partial charge >= 0.3 is 0 Å². The summed E-state index contributed by atoms with van der Waals surface area (Å²) < 4.78 is 13.7. The molecule has 0 atom stereocenters. The van der Waals surface area contributed by atoms with Gasteiger partial charge in [-0.25, -0.2) is 0 Å². The number of furan rings is 1. The Morgan fingerprint density at radius 2 is 0.846 bits per heavy atom. The van der Waals surface area contributed by atoms with Gasteiger partial charge in [0.05, 0.1) is 33.1 Å². The van der Waals surface area contributed by atoms with Crippen LogP contribution in [0.1, 0.15) is 11.3 Å². The van der Waals surface area contributed by atoms with Gasteiger partial charge in [-0.05, 0) is 73.7 Å². The zero-order valence-corrected chi connectivity index (χ0v) is 28.7. The molecule has 0 fully saturated rings. The van der Waals surface area contributed by atoms with E-state index in [0.29, 0.717) is 0 Å². The molecule has 11 rings (SSSR count). The minimum atomic E-state index is 0.777. The Hall–Kier alpha value is -6.85. The SMILES string of the molecule is CN=C(c1oc2ccc(-n3c4ccccc4c4cc(-n5c6ccccc6c6ccccc65)ccc43)cc2c1C)n1c2ccccc2c2ccccc21. The maximum Gasteiger partial charge on any atom is 0.176 e. The van der Waals surface area contributed by atoms with E-state index in [9.17, 15) is 0 Å².